The van der Waals surface area contributed by atoms with Gasteiger partial charge in [0.15, 0.2) is 0 Å². The van der Waals surface area contributed by atoms with Gasteiger partial charge in [0, 0.05) is 12.1 Å². The second-order valence-electron chi connectivity index (χ2n) is 4.27. The van der Waals surface area contributed by atoms with Gasteiger partial charge in [-0.2, -0.15) is 0 Å². The largest absolute Gasteiger partial charge is 0.478 e. The van der Waals surface area contributed by atoms with Crippen LogP contribution in [0.2, 0.25) is 0 Å². The lowest BCUT2D eigenvalue weighted by atomic mass is 10.2. The van der Waals surface area contributed by atoms with E-state index >= 15 is 0 Å². The van der Waals surface area contributed by atoms with Crippen LogP contribution in [0.5, 0.6) is 0 Å². The molecule has 1 N–H and O–H groups in total. The number of anilines is 1. The predicted octanol–water partition coefficient (Wildman–Crippen LogP) is 0.889. The molecule has 0 radical (unpaired) electrons. The van der Waals surface area contributed by atoms with Crippen molar-refractivity contribution in [3.05, 3.63) is 29.8 Å². The molecule has 0 saturated carbocycles. The number of aromatic carboxylic acids is 1. The summed E-state index contributed by atoms with van der Waals surface area (Å²) in [5, 5.41) is 8.80. The molecule has 0 aliphatic carbocycles. The van der Waals surface area contributed by atoms with Crippen LogP contribution in [0.25, 0.3) is 0 Å². The summed E-state index contributed by atoms with van der Waals surface area (Å²) in [4.78, 5) is 24.3. The van der Waals surface area contributed by atoms with Gasteiger partial charge in [-0.3, -0.25) is 4.79 Å². The molecule has 17 heavy (non-hydrogen) atoms. The average molecular weight is 233 g/mol. The van der Waals surface area contributed by atoms with Crippen molar-refractivity contribution in [1.29, 1.82) is 0 Å². The smallest absolute Gasteiger partial charge is 0.335 e. The highest BCUT2D eigenvalue weighted by molar-refractivity contribution is 6.00. The first-order chi connectivity index (χ1) is 8.16. The van der Waals surface area contributed by atoms with Crippen LogP contribution < -0.4 is 4.90 Å². The van der Waals surface area contributed by atoms with Crippen LogP contribution in [0.4, 0.5) is 5.69 Å². The Morgan fingerprint density at radius 1 is 1.35 bits per heavy atom. The highest BCUT2D eigenvalue weighted by Gasteiger charge is 2.46. The van der Waals surface area contributed by atoms with Crippen molar-refractivity contribution in [2.24, 2.45) is 0 Å². The highest BCUT2D eigenvalue weighted by atomic mass is 16.5. The Morgan fingerprint density at radius 3 is 2.59 bits per heavy atom. The van der Waals surface area contributed by atoms with Crippen molar-refractivity contribution < 1.29 is 19.4 Å². The Balaban J connectivity index is 1.90. The molecule has 2 bridgehead atoms. The van der Waals surface area contributed by atoms with Crippen LogP contribution in [0, 0.1) is 0 Å². The number of rotatable bonds is 2. The van der Waals surface area contributed by atoms with E-state index in [1.165, 1.54) is 12.1 Å². The number of morpholine rings is 1. The number of fused-ring (bicyclic) bond motifs is 2. The third-order valence-corrected chi connectivity index (χ3v) is 3.25. The third kappa shape index (κ3) is 1.51. The van der Waals surface area contributed by atoms with Gasteiger partial charge in [0.25, 0.3) is 5.91 Å². The molecule has 2 unspecified atom stereocenters. The first-order valence-corrected chi connectivity index (χ1v) is 5.45. The molecule has 0 aromatic heterocycles. The molecule has 3 rings (SSSR count). The first-order valence-electron chi connectivity index (χ1n) is 5.45. The SMILES string of the molecule is O=C(O)c1ccc(N2C(=O)C3CC2CO3)cc1. The van der Waals surface area contributed by atoms with Gasteiger partial charge in [-0.05, 0) is 24.3 Å². The molecular weight excluding hydrogens is 222 g/mol. The molecule has 1 amide bonds. The monoisotopic (exact) mass is 233 g/mol. The van der Waals surface area contributed by atoms with Crippen LogP contribution >= 0.6 is 0 Å². The fraction of sp³-hybridized carbons (Fsp3) is 0.333. The molecule has 88 valence electrons. The van der Waals surface area contributed by atoms with E-state index in [1.807, 2.05) is 0 Å². The van der Waals surface area contributed by atoms with Crippen molar-refractivity contribution in [2.75, 3.05) is 11.5 Å². The zero-order valence-electron chi connectivity index (χ0n) is 9.00. The van der Waals surface area contributed by atoms with Gasteiger partial charge in [-0.1, -0.05) is 0 Å². The maximum Gasteiger partial charge on any atom is 0.335 e. The number of amides is 1. The van der Waals surface area contributed by atoms with Crippen molar-refractivity contribution in [2.45, 2.75) is 18.6 Å². The van der Waals surface area contributed by atoms with Gasteiger partial charge in [0.1, 0.15) is 6.10 Å². The summed E-state index contributed by atoms with van der Waals surface area (Å²) in [7, 11) is 0. The summed E-state index contributed by atoms with van der Waals surface area (Å²) >= 11 is 0. The maximum atomic E-state index is 11.9. The molecule has 2 aliphatic rings. The Morgan fingerprint density at radius 2 is 2.06 bits per heavy atom. The summed E-state index contributed by atoms with van der Waals surface area (Å²) in [5.74, 6) is -0.988. The topological polar surface area (TPSA) is 66.8 Å². The Labute approximate surface area is 97.6 Å². The minimum Gasteiger partial charge on any atom is -0.478 e. The van der Waals surface area contributed by atoms with Gasteiger partial charge in [0.2, 0.25) is 0 Å². The van der Waals surface area contributed by atoms with Crippen LogP contribution in [-0.2, 0) is 9.53 Å². The Kier molecular flexibility index (Phi) is 2.16. The van der Waals surface area contributed by atoms with Gasteiger partial charge in [-0.15, -0.1) is 0 Å². The molecule has 2 heterocycles. The summed E-state index contributed by atoms with van der Waals surface area (Å²) in [6.45, 7) is 0.567. The summed E-state index contributed by atoms with van der Waals surface area (Å²) in [6.07, 6.45) is 0.429. The molecule has 5 heteroatoms. The number of carboxylic acid groups (broad SMARTS) is 1. The summed E-state index contributed by atoms with van der Waals surface area (Å²) in [6, 6.07) is 6.46. The minimum atomic E-state index is -0.964. The van der Waals surface area contributed by atoms with Gasteiger partial charge in [0.05, 0.1) is 18.2 Å². The molecule has 5 nitrogen and oxygen atoms in total. The predicted molar refractivity (Wildman–Crippen MR) is 59.0 cm³/mol. The van der Waals surface area contributed by atoms with E-state index in [-0.39, 0.29) is 23.6 Å². The van der Waals surface area contributed by atoms with E-state index in [9.17, 15) is 9.59 Å². The van der Waals surface area contributed by atoms with E-state index in [0.717, 1.165) is 12.1 Å². The first kappa shape index (κ1) is 10.3. The molecule has 2 atom stereocenters. The van der Waals surface area contributed by atoms with Gasteiger partial charge in [-0.25, -0.2) is 4.79 Å². The van der Waals surface area contributed by atoms with E-state index < -0.39 is 5.97 Å². The third-order valence-electron chi connectivity index (χ3n) is 3.25. The Hall–Kier alpha value is -1.88. The number of carboxylic acids is 1. The zero-order valence-corrected chi connectivity index (χ0v) is 9.00. The van der Waals surface area contributed by atoms with Crippen LogP contribution in [0.1, 0.15) is 16.8 Å². The molecular formula is C12H11NO4. The minimum absolute atomic E-state index is 0.0238. The van der Waals surface area contributed by atoms with Crippen molar-refractivity contribution >= 4 is 17.6 Å². The van der Waals surface area contributed by atoms with E-state index in [0.29, 0.717) is 6.61 Å². The highest BCUT2D eigenvalue weighted by Crippen LogP contribution is 2.33. The average Bonchev–Trinajstić information content (AvgIpc) is 2.89. The fourth-order valence-corrected chi connectivity index (χ4v) is 2.40. The number of nitrogens with zero attached hydrogens (tertiary/aromatic N) is 1. The summed E-state index contributed by atoms with van der Waals surface area (Å²) < 4.78 is 5.29. The van der Waals surface area contributed by atoms with E-state index in [2.05, 4.69) is 0 Å². The van der Waals surface area contributed by atoms with Gasteiger partial charge < -0.3 is 14.7 Å². The number of carbonyl (C=O) groups excluding carboxylic acids is 1. The lowest BCUT2D eigenvalue weighted by Gasteiger charge is -2.26. The van der Waals surface area contributed by atoms with E-state index in [4.69, 9.17) is 9.84 Å². The molecule has 1 aromatic carbocycles. The van der Waals surface area contributed by atoms with Crippen molar-refractivity contribution in [3.63, 3.8) is 0 Å². The second-order valence-corrected chi connectivity index (χ2v) is 4.27. The molecule has 2 fully saturated rings. The normalized spacial score (nSPS) is 26.6. The number of hydrogen-bond acceptors (Lipinski definition) is 3. The van der Waals surface area contributed by atoms with Crippen LogP contribution in [-0.4, -0.2) is 35.7 Å². The second kappa shape index (κ2) is 3.56. The number of benzene rings is 1. The fourth-order valence-electron chi connectivity index (χ4n) is 2.40. The lowest BCUT2D eigenvalue weighted by Crippen LogP contribution is -2.41. The maximum absolute atomic E-state index is 11.9. The van der Waals surface area contributed by atoms with Crippen molar-refractivity contribution in [1.82, 2.24) is 0 Å². The molecule has 2 aliphatic heterocycles. The quantitative estimate of drug-likeness (QED) is 0.823. The Bertz CT molecular complexity index is 482. The zero-order chi connectivity index (χ0) is 12.0. The standard InChI is InChI=1S/C12H11NO4/c14-11-10-5-9(6-17-10)13(11)8-3-1-7(2-4-8)12(15)16/h1-4,9-10H,5-6H2,(H,15,16). The van der Waals surface area contributed by atoms with Crippen molar-refractivity contribution in [3.8, 4) is 0 Å². The number of ether oxygens (including phenoxy) is 1. The molecule has 2 saturated heterocycles. The number of carbonyl (C=O) groups is 2. The van der Waals surface area contributed by atoms with E-state index in [1.54, 1.807) is 17.0 Å². The molecule has 0 spiro atoms. The van der Waals surface area contributed by atoms with Crippen LogP contribution in [0.3, 0.4) is 0 Å². The number of hydrogen-bond donors (Lipinski definition) is 1. The molecule has 1 aromatic rings. The lowest BCUT2D eigenvalue weighted by molar-refractivity contribution is -0.128. The summed E-state index contributed by atoms with van der Waals surface area (Å²) in [5.41, 5.74) is 0.970. The van der Waals surface area contributed by atoms with Crippen LogP contribution in [0.15, 0.2) is 24.3 Å². The van der Waals surface area contributed by atoms with Gasteiger partial charge >= 0.3 is 5.97 Å².